The monoisotopic (exact) mass is 523 g/mol. The van der Waals surface area contributed by atoms with Gasteiger partial charge in [0.2, 0.25) is 0 Å². The number of rotatable bonds is 4. The minimum atomic E-state index is -0.400. The van der Waals surface area contributed by atoms with E-state index in [1.807, 2.05) is 74.8 Å². The molecule has 4 aromatic heterocycles. The fourth-order valence-electron chi connectivity index (χ4n) is 4.72. The van der Waals surface area contributed by atoms with Gasteiger partial charge in [-0.05, 0) is 31.2 Å². The number of hydrogen-bond donors (Lipinski definition) is 2. The van der Waals surface area contributed by atoms with Gasteiger partial charge in [0.05, 0.1) is 40.1 Å². The number of benzene rings is 2. The van der Waals surface area contributed by atoms with Gasteiger partial charge in [-0.3, -0.25) is 14.5 Å². The molecule has 1 amide bonds. The van der Waals surface area contributed by atoms with Crippen molar-refractivity contribution in [2.75, 3.05) is 5.73 Å². The number of nitrogens with one attached hydrogen (secondary N) is 1. The molecule has 4 heterocycles. The van der Waals surface area contributed by atoms with Gasteiger partial charge < -0.3 is 11.1 Å². The number of nitrogens with zero attached hydrogens (tertiary/aromatic N) is 5. The first kappa shape index (κ1) is 24.8. The molecule has 0 aliphatic carbocycles. The van der Waals surface area contributed by atoms with E-state index in [4.69, 9.17) is 10.7 Å². The van der Waals surface area contributed by atoms with Crippen LogP contribution in [0.3, 0.4) is 0 Å². The zero-order valence-electron chi connectivity index (χ0n) is 22.0. The Morgan fingerprint density at radius 2 is 1.77 bits per heavy atom. The van der Waals surface area contributed by atoms with Crippen LogP contribution in [-0.2, 0) is 7.05 Å². The molecule has 0 aliphatic heterocycles. The number of para-hydroxylation sites is 1. The lowest BCUT2D eigenvalue weighted by Crippen LogP contribution is -2.28. The summed E-state index contributed by atoms with van der Waals surface area (Å²) in [6, 6.07) is 21.1. The molecule has 8 heteroatoms. The van der Waals surface area contributed by atoms with E-state index >= 15 is 0 Å². The van der Waals surface area contributed by atoms with Gasteiger partial charge in [0.25, 0.3) is 5.91 Å². The zero-order valence-corrected chi connectivity index (χ0v) is 22.0. The van der Waals surface area contributed by atoms with E-state index in [0.29, 0.717) is 5.52 Å². The highest BCUT2D eigenvalue weighted by molar-refractivity contribution is 6.09. The third-order valence-corrected chi connectivity index (χ3v) is 6.68. The van der Waals surface area contributed by atoms with Crippen molar-refractivity contribution in [2.45, 2.75) is 13.0 Å². The third-order valence-electron chi connectivity index (χ3n) is 6.68. The average molecular weight is 524 g/mol. The maximum Gasteiger partial charge on any atom is 0.257 e. The summed E-state index contributed by atoms with van der Waals surface area (Å²) in [6.07, 6.45) is 6.86. The number of nitrogens with two attached hydrogens (primary N) is 1. The molecule has 8 nitrogen and oxygen atoms in total. The predicted octanol–water partition coefficient (Wildman–Crippen LogP) is 5.05. The van der Waals surface area contributed by atoms with Gasteiger partial charge in [-0.15, -0.1) is 0 Å². The summed E-state index contributed by atoms with van der Waals surface area (Å²) in [5.74, 6) is 6.22. The lowest BCUT2D eigenvalue weighted by molar-refractivity contribution is 0.0942. The van der Waals surface area contributed by atoms with Gasteiger partial charge in [-0.1, -0.05) is 54.3 Å². The number of hydrogen-bond acceptors (Lipinski definition) is 6. The predicted molar refractivity (Wildman–Crippen MR) is 156 cm³/mol. The summed E-state index contributed by atoms with van der Waals surface area (Å²) in [5, 5.41) is 8.96. The number of aryl methyl sites for hydroxylation is 1. The SMILES string of the molecule is CC(NC(=O)c1c(N)ncc2cccnc12)c1cc2cccc(C#Cc3cnn(C)c3)c2nc1-c1ccccc1. The Labute approximate surface area is 230 Å². The highest BCUT2D eigenvalue weighted by Crippen LogP contribution is 2.31. The van der Waals surface area contributed by atoms with Crippen LogP contribution in [-0.4, -0.2) is 30.6 Å². The van der Waals surface area contributed by atoms with Crippen molar-refractivity contribution >= 4 is 33.5 Å². The minimum Gasteiger partial charge on any atom is -0.383 e. The number of carbonyl (C=O) groups excluding carboxylic acids is 1. The van der Waals surface area contributed by atoms with Crippen molar-refractivity contribution in [3.05, 3.63) is 114 Å². The highest BCUT2D eigenvalue weighted by atomic mass is 16.1. The third kappa shape index (κ3) is 4.72. The van der Waals surface area contributed by atoms with E-state index in [-0.39, 0.29) is 17.3 Å². The summed E-state index contributed by atoms with van der Waals surface area (Å²) < 4.78 is 1.72. The Morgan fingerprint density at radius 3 is 2.58 bits per heavy atom. The summed E-state index contributed by atoms with van der Waals surface area (Å²) in [5.41, 5.74) is 11.9. The van der Waals surface area contributed by atoms with E-state index < -0.39 is 6.04 Å². The van der Waals surface area contributed by atoms with Crippen LogP contribution < -0.4 is 11.1 Å². The second-order valence-electron chi connectivity index (χ2n) is 9.48. The van der Waals surface area contributed by atoms with Gasteiger partial charge >= 0.3 is 0 Å². The number of pyridine rings is 3. The van der Waals surface area contributed by atoms with E-state index in [1.165, 1.54) is 0 Å². The van der Waals surface area contributed by atoms with Crippen LogP contribution in [0.5, 0.6) is 0 Å². The molecule has 0 radical (unpaired) electrons. The van der Waals surface area contributed by atoms with Crippen LogP contribution in [0.2, 0.25) is 0 Å². The Kier molecular flexibility index (Phi) is 6.38. The first-order valence-electron chi connectivity index (χ1n) is 12.8. The van der Waals surface area contributed by atoms with Crippen molar-refractivity contribution < 1.29 is 4.79 Å². The first-order chi connectivity index (χ1) is 19.5. The molecule has 6 rings (SSSR count). The highest BCUT2D eigenvalue weighted by Gasteiger charge is 2.22. The van der Waals surface area contributed by atoms with Crippen molar-refractivity contribution in [2.24, 2.45) is 7.05 Å². The molecule has 1 unspecified atom stereocenters. The van der Waals surface area contributed by atoms with Gasteiger partial charge in [0.1, 0.15) is 11.4 Å². The van der Waals surface area contributed by atoms with Crippen LogP contribution in [0.4, 0.5) is 5.82 Å². The van der Waals surface area contributed by atoms with Crippen LogP contribution in [0.1, 0.15) is 40.0 Å². The smallest absolute Gasteiger partial charge is 0.257 e. The lowest BCUT2D eigenvalue weighted by Gasteiger charge is -2.20. The maximum atomic E-state index is 13.5. The van der Waals surface area contributed by atoms with Crippen molar-refractivity contribution in [1.29, 1.82) is 0 Å². The number of anilines is 1. The van der Waals surface area contributed by atoms with Crippen molar-refractivity contribution in [1.82, 2.24) is 30.0 Å². The molecule has 6 aromatic rings. The van der Waals surface area contributed by atoms with Crippen LogP contribution in [0.25, 0.3) is 33.1 Å². The van der Waals surface area contributed by atoms with Gasteiger partial charge in [-0.2, -0.15) is 5.10 Å². The molecular formula is C32H25N7O. The van der Waals surface area contributed by atoms with E-state index in [9.17, 15) is 4.79 Å². The minimum absolute atomic E-state index is 0.132. The zero-order chi connectivity index (χ0) is 27.6. The standard InChI is InChI=1S/C32H25N7O/c1-20(37-32(40)27-30-25(12-7-15-34-30)18-35-31(27)33)26-16-24-11-6-10-23(14-13-21-17-36-39(2)19-21)28(24)38-29(26)22-8-4-3-5-9-22/h3-12,15-20H,1-2H3,(H2,33,35)(H,37,40). The average Bonchev–Trinajstić information content (AvgIpc) is 3.40. The summed E-state index contributed by atoms with van der Waals surface area (Å²) in [6.45, 7) is 1.93. The number of carbonyl (C=O) groups is 1. The number of nitrogen functional groups attached to an aromatic ring is 1. The second-order valence-corrected chi connectivity index (χ2v) is 9.48. The summed E-state index contributed by atoms with van der Waals surface area (Å²) in [7, 11) is 1.86. The normalized spacial score (nSPS) is 11.7. The first-order valence-corrected chi connectivity index (χ1v) is 12.8. The topological polar surface area (TPSA) is 112 Å². The van der Waals surface area contributed by atoms with Crippen LogP contribution >= 0.6 is 0 Å². The fraction of sp³-hybridized carbons (Fsp3) is 0.0938. The van der Waals surface area contributed by atoms with Crippen LogP contribution in [0.15, 0.2) is 91.5 Å². The van der Waals surface area contributed by atoms with E-state index in [2.05, 4.69) is 38.3 Å². The van der Waals surface area contributed by atoms with Crippen molar-refractivity contribution in [3.63, 3.8) is 0 Å². The molecule has 40 heavy (non-hydrogen) atoms. The van der Waals surface area contributed by atoms with Crippen LogP contribution in [0, 0.1) is 11.8 Å². The number of amides is 1. The molecular weight excluding hydrogens is 498 g/mol. The molecule has 2 aromatic carbocycles. The quantitative estimate of drug-likeness (QED) is 0.313. The van der Waals surface area contributed by atoms with E-state index in [1.54, 1.807) is 29.3 Å². The lowest BCUT2D eigenvalue weighted by atomic mass is 9.97. The molecule has 0 fully saturated rings. The summed E-state index contributed by atoms with van der Waals surface area (Å²) >= 11 is 0. The largest absolute Gasteiger partial charge is 0.383 e. The number of fused-ring (bicyclic) bond motifs is 2. The molecule has 194 valence electrons. The van der Waals surface area contributed by atoms with Crippen molar-refractivity contribution in [3.8, 4) is 23.1 Å². The molecule has 0 aliphatic rings. The Bertz CT molecular complexity index is 1950. The molecule has 1 atom stereocenters. The Morgan fingerprint density at radius 1 is 0.950 bits per heavy atom. The molecule has 0 spiro atoms. The Hall–Kier alpha value is -5.55. The Balaban J connectivity index is 1.44. The van der Waals surface area contributed by atoms with Gasteiger partial charge in [-0.25, -0.2) is 9.97 Å². The molecule has 0 saturated carbocycles. The van der Waals surface area contributed by atoms with Gasteiger partial charge in [0, 0.05) is 47.5 Å². The molecule has 0 bridgehead atoms. The van der Waals surface area contributed by atoms with Gasteiger partial charge in [0.15, 0.2) is 0 Å². The molecule has 3 N–H and O–H groups in total. The second kappa shape index (κ2) is 10.3. The number of aromatic nitrogens is 5. The summed E-state index contributed by atoms with van der Waals surface area (Å²) in [4.78, 5) is 27.2. The molecule has 0 saturated heterocycles. The fourth-order valence-corrected chi connectivity index (χ4v) is 4.72. The van der Waals surface area contributed by atoms with E-state index in [0.717, 1.165) is 44.2 Å². The maximum absolute atomic E-state index is 13.5.